The molecule has 2 fully saturated rings. The SMILES string of the molecule is O=C1[C@@H]2C=CC[C@H]3Oc4ccccc4[C@]32CCN1CC1CC1. The molecular formula is C19H21NO2. The Morgan fingerprint density at radius 2 is 2.14 bits per heavy atom. The maximum absolute atomic E-state index is 13.1. The van der Waals surface area contributed by atoms with Crippen molar-refractivity contribution in [2.24, 2.45) is 11.8 Å². The molecule has 3 nitrogen and oxygen atoms in total. The van der Waals surface area contributed by atoms with E-state index >= 15 is 0 Å². The topological polar surface area (TPSA) is 29.5 Å². The maximum Gasteiger partial charge on any atom is 0.230 e. The number of carbonyl (C=O) groups excluding carboxylic acids is 1. The second-order valence-corrected chi connectivity index (χ2v) is 7.26. The number of rotatable bonds is 2. The predicted octanol–water partition coefficient (Wildman–Crippen LogP) is 2.90. The van der Waals surface area contributed by atoms with Gasteiger partial charge in [-0.15, -0.1) is 0 Å². The molecule has 2 aliphatic heterocycles. The van der Waals surface area contributed by atoms with E-state index < -0.39 is 0 Å². The summed E-state index contributed by atoms with van der Waals surface area (Å²) >= 11 is 0. The molecule has 1 aromatic rings. The molecule has 5 rings (SSSR count). The van der Waals surface area contributed by atoms with E-state index in [2.05, 4.69) is 35.3 Å². The van der Waals surface area contributed by atoms with Crippen LogP contribution in [0.3, 0.4) is 0 Å². The highest BCUT2D eigenvalue weighted by Gasteiger charge is 2.59. The van der Waals surface area contributed by atoms with Crippen LogP contribution in [0.4, 0.5) is 0 Å². The van der Waals surface area contributed by atoms with Gasteiger partial charge >= 0.3 is 0 Å². The summed E-state index contributed by atoms with van der Waals surface area (Å²) in [7, 11) is 0. The molecule has 0 aromatic heterocycles. The number of para-hydroxylation sites is 1. The monoisotopic (exact) mass is 295 g/mol. The van der Waals surface area contributed by atoms with Gasteiger partial charge in [-0.2, -0.15) is 0 Å². The molecule has 2 heterocycles. The largest absolute Gasteiger partial charge is 0.489 e. The zero-order valence-corrected chi connectivity index (χ0v) is 12.7. The molecule has 3 atom stereocenters. The van der Waals surface area contributed by atoms with Gasteiger partial charge in [-0.05, 0) is 31.2 Å². The molecule has 4 aliphatic rings. The van der Waals surface area contributed by atoms with Gasteiger partial charge in [0.05, 0.1) is 11.3 Å². The first-order chi connectivity index (χ1) is 10.8. The van der Waals surface area contributed by atoms with E-state index in [0.29, 0.717) is 5.91 Å². The molecule has 0 unspecified atom stereocenters. The second-order valence-electron chi connectivity index (χ2n) is 7.26. The fraction of sp³-hybridized carbons (Fsp3) is 0.526. The Morgan fingerprint density at radius 1 is 1.27 bits per heavy atom. The number of amides is 1. The van der Waals surface area contributed by atoms with E-state index in [-0.39, 0.29) is 17.4 Å². The number of hydrogen-bond donors (Lipinski definition) is 0. The first kappa shape index (κ1) is 12.7. The van der Waals surface area contributed by atoms with Crippen molar-refractivity contribution in [1.82, 2.24) is 4.90 Å². The number of piperidine rings is 1. The van der Waals surface area contributed by atoms with Gasteiger partial charge in [-0.25, -0.2) is 0 Å². The van der Waals surface area contributed by atoms with E-state index in [0.717, 1.165) is 37.6 Å². The van der Waals surface area contributed by atoms with Crippen LogP contribution in [0.5, 0.6) is 5.75 Å². The summed E-state index contributed by atoms with van der Waals surface area (Å²) in [5, 5.41) is 0. The predicted molar refractivity (Wildman–Crippen MR) is 83.7 cm³/mol. The molecule has 1 spiro atoms. The van der Waals surface area contributed by atoms with Gasteiger partial charge in [0.15, 0.2) is 0 Å². The van der Waals surface area contributed by atoms with Gasteiger partial charge in [-0.1, -0.05) is 30.4 Å². The Labute approximate surface area is 130 Å². The summed E-state index contributed by atoms with van der Waals surface area (Å²) < 4.78 is 6.23. The Bertz CT molecular complexity index is 663. The van der Waals surface area contributed by atoms with Crippen molar-refractivity contribution in [2.75, 3.05) is 13.1 Å². The molecule has 1 amide bonds. The molecule has 114 valence electrons. The molecule has 1 saturated carbocycles. The minimum Gasteiger partial charge on any atom is -0.489 e. The summed E-state index contributed by atoms with van der Waals surface area (Å²) in [5.41, 5.74) is 1.14. The lowest BCUT2D eigenvalue weighted by Gasteiger charge is -2.48. The number of likely N-dealkylation sites (tertiary alicyclic amines) is 1. The van der Waals surface area contributed by atoms with Crippen LogP contribution < -0.4 is 4.74 Å². The maximum atomic E-state index is 13.1. The normalized spacial score (nSPS) is 35.6. The summed E-state index contributed by atoms with van der Waals surface area (Å²) in [6, 6.07) is 8.33. The van der Waals surface area contributed by atoms with E-state index in [4.69, 9.17) is 4.74 Å². The average Bonchev–Trinajstić information content (AvgIpc) is 3.30. The van der Waals surface area contributed by atoms with E-state index in [1.54, 1.807) is 0 Å². The Morgan fingerprint density at radius 3 is 3.00 bits per heavy atom. The van der Waals surface area contributed by atoms with Crippen molar-refractivity contribution in [2.45, 2.75) is 37.2 Å². The molecule has 0 N–H and O–H groups in total. The van der Waals surface area contributed by atoms with Crippen LogP contribution in [0.2, 0.25) is 0 Å². The second kappa shape index (κ2) is 4.37. The summed E-state index contributed by atoms with van der Waals surface area (Å²) in [4.78, 5) is 15.2. The lowest BCUT2D eigenvalue weighted by molar-refractivity contribution is -0.142. The van der Waals surface area contributed by atoms with Crippen LogP contribution in [-0.2, 0) is 10.2 Å². The smallest absolute Gasteiger partial charge is 0.230 e. The van der Waals surface area contributed by atoms with E-state index in [1.807, 2.05) is 6.07 Å². The molecule has 22 heavy (non-hydrogen) atoms. The molecular weight excluding hydrogens is 274 g/mol. The molecule has 2 aliphatic carbocycles. The van der Waals surface area contributed by atoms with Crippen molar-refractivity contribution in [3.8, 4) is 5.75 Å². The first-order valence-corrected chi connectivity index (χ1v) is 8.50. The van der Waals surface area contributed by atoms with E-state index in [1.165, 1.54) is 18.4 Å². The summed E-state index contributed by atoms with van der Waals surface area (Å²) in [6.45, 7) is 1.85. The molecule has 1 aromatic carbocycles. The molecule has 3 heteroatoms. The van der Waals surface area contributed by atoms with Crippen molar-refractivity contribution < 1.29 is 9.53 Å². The molecule has 0 bridgehead atoms. The highest BCUT2D eigenvalue weighted by atomic mass is 16.5. The number of ether oxygens (including phenoxy) is 1. The number of hydrogen-bond acceptors (Lipinski definition) is 2. The molecule has 1 saturated heterocycles. The van der Waals surface area contributed by atoms with Crippen LogP contribution in [-0.4, -0.2) is 30.0 Å². The highest BCUT2D eigenvalue weighted by Crippen LogP contribution is 2.55. The van der Waals surface area contributed by atoms with Gasteiger partial charge in [0.1, 0.15) is 11.9 Å². The van der Waals surface area contributed by atoms with Crippen LogP contribution in [0, 0.1) is 11.8 Å². The van der Waals surface area contributed by atoms with Gasteiger partial charge in [0, 0.05) is 25.1 Å². The van der Waals surface area contributed by atoms with Crippen LogP contribution in [0.25, 0.3) is 0 Å². The fourth-order valence-electron chi connectivity index (χ4n) is 4.70. The van der Waals surface area contributed by atoms with Crippen molar-refractivity contribution in [1.29, 1.82) is 0 Å². The third-order valence-corrected chi connectivity index (χ3v) is 6.01. The number of nitrogens with zero attached hydrogens (tertiary/aromatic N) is 1. The number of fused-ring (bicyclic) bond motifs is 1. The number of carbonyl (C=O) groups is 1. The van der Waals surface area contributed by atoms with Gasteiger partial charge < -0.3 is 9.64 Å². The van der Waals surface area contributed by atoms with Crippen LogP contribution in [0.1, 0.15) is 31.2 Å². The zero-order chi connectivity index (χ0) is 14.7. The standard InChI is InChI=1S/C19H21NO2/c21-18-15-5-3-7-17-19(15,10-11-20(18)12-13-8-9-13)14-4-1-2-6-16(14)22-17/h1-6,13,15,17H,7-12H2/t15-,17+,19-/m0/s1. The summed E-state index contributed by atoms with van der Waals surface area (Å²) in [5.74, 6) is 2.03. The van der Waals surface area contributed by atoms with Gasteiger partial charge in [0.25, 0.3) is 0 Å². The van der Waals surface area contributed by atoms with Crippen LogP contribution in [0.15, 0.2) is 36.4 Å². The van der Waals surface area contributed by atoms with Gasteiger partial charge in [0.2, 0.25) is 5.91 Å². The highest BCUT2D eigenvalue weighted by molar-refractivity contribution is 5.85. The Balaban J connectivity index is 1.56. The van der Waals surface area contributed by atoms with Gasteiger partial charge in [-0.3, -0.25) is 4.79 Å². The van der Waals surface area contributed by atoms with Crippen molar-refractivity contribution in [3.05, 3.63) is 42.0 Å². The first-order valence-electron chi connectivity index (χ1n) is 8.50. The third kappa shape index (κ3) is 1.60. The molecule has 0 radical (unpaired) electrons. The zero-order valence-electron chi connectivity index (χ0n) is 12.7. The Hall–Kier alpha value is -1.77. The summed E-state index contributed by atoms with van der Waals surface area (Å²) in [6.07, 6.45) is 8.98. The Kier molecular flexibility index (Phi) is 2.53. The van der Waals surface area contributed by atoms with Crippen molar-refractivity contribution >= 4 is 5.91 Å². The third-order valence-electron chi connectivity index (χ3n) is 6.01. The van der Waals surface area contributed by atoms with Crippen molar-refractivity contribution in [3.63, 3.8) is 0 Å². The quantitative estimate of drug-likeness (QED) is 0.785. The van der Waals surface area contributed by atoms with Crippen LogP contribution >= 0.6 is 0 Å². The van der Waals surface area contributed by atoms with E-state index in [9.17, 15) is 4.79 Å². The lowest BCUT2D eigenvalue weighted by Crippen LogP contribution is -2.58. The lowest BCUT2D eigenvalue weighted by atomic mass is 9.60. The average molecular weight is 295 g/mol. The number of benzene rings is 1. The minimum absolute atomic E-state index is 0.0394. The fourth-order valence-corrected chi connectivity index (χ4v) is 4.70. The minimum atomic E-state index is -0.123.